The zero-order valence-corrected chi connectivity index (χ0v) is 17.8. The Bertz CT molecular complexity index is 924. The summed E-state index contributed by atoms with van der Waals surface area (Å²) in [6.45, 7) is 7.77. The summed E-state index contributed by atoms with van der Waals surface area (Å²) in [5.41, 5.74) is 0.973. The van der Waals surface area contributed by atoms with E-state index in [0.717, 1.165) is 5.56 Å². The molecule has 0 unspecified atom stereocenters. The highest BCUT2D eigenvalue weighted by Gasteiger charge is 2.33. The fraction of sp³-hybridized carbons (Fsp3) is 0.450. The van der Waals surface area contributed by atoms with E-state index in [0.29, 0.717) is 32.1 Å². The number of anilines is 1. The predicted octanol–water partition coefficient (Wildman–Crippen LogP) is 1.44. The molecule has 0 bridgehead atoms. The van der Waals surface area contributed by atoms with Crippen molar-refractivity contribution in [2.75, 3.05) is 31.1 Å². The molecule has 1 saturated heterocycles. The van der Waals surface area contributed by atoms with Crippen molar-refractivity contribution in [3.05, 3.63) is 48.3 Å². The molecule has 0 saturated carbocycles. The van der Waals surface area contributed by atoms with E-state index < -0.39 is 16.1 Å². The van der Waals surface area contributed by atoms with Crippen molar-refractivity contribution < 1.29 is 13.2 Å². The van der Waals surface area contributed by atoms with Crippen LogP contribution in [0.25, 0.3) is 0 Å². The number of rotatable bonds is 6. The van der Waals surface area contributed by atoms with Gasteiger partial charge in [0.25, 0.3) is 0 Å². The summed E-state index contributed by atoms with van der Waals surface area (Å²) < 4.78 is 28.2. The van der Waals surface area contributed by atoms with Crippen LogP contribution in [-0.2, 0) is 14.8 Å². The molecule has 0 aliphatic carbocycles. The Labute approximate surface area is 172 Å². The van der Waals surface area contributed by atoms with E-state index in [2.05, 4.69) is 14.7 Å². The van der Waals surface area contributed by atoms with Gasteiger partial charge in [-0.3, -0.25) is 4.79 Å². The molecule has 0 radical (unpaired) electrons. The molecule has 1 N–H and O–H groups in total. The smallest absolute Gasteiger partial charge is 0.241 e. The molecule has 29 heavy (non-hydrogen) atoms. The van der Waals surface area contributed by atoms with Crippen molar-refractivity contribution in [3.63, 3.8) is 0 Å². The minimum Gasteiger partial charge on any atom is -0.338 e. The van der Waals surface area contributed by atoms with Gasteiger partial charge in [0.05, 0.1) is 4.90 Å². The van der Waals surface area contributed by atoms with Crippen LogP contribution in [-0.4, -0.2) is 61.4 Å². The van der Waals surface area contributed by atoms with Crippen LogP contribution in [0.2, 0.25) is 0 Å². The molecule has 0 spiro atoms. The third kappa shape index (κ3) is 5.10. The number of piperazine rings is 1. The van der Waals surface area contributed by atoms with Crippen LogP contribution in [0.15, 0.2) is 47.6 Å². The van der Waals surface area contributed by atoms with E-state index in [9.17, 15) is 13.2 Å². The molecule has 1 aliphatic heterocycles. The Morgan fingerprint density at radius 1 is 1.03 bits per heavy atom. The van der Waals surface area contributed by atoms with E-state index in [1.807, 2.05) is 25.7 Å². The summed E-state index contributed by atoms with van der Waals surface area (Å²) in [5.74, 6) is 0.252. The molecule has 2 aromatic rings. The molecular weight excluding hydrogens is 390 g/mol. The number of aromatic nitrogens is 2. The van der Waals surface area contributed by atoms with Crippen molar-refractivity contribution in [3.8, 4) is 0 Å². The third-order valence-electron chi connectivity index (χ3n) is 4.97. The van der Waals surface area contributed by atoms with E-state index in [1.165, 1.54) is 0 Å². The lowest BCUT2D eigenvalue weighted by Gasteiger charge is -2.37. The lowest BCUT2D eigenvalue weighted by atomic mass is 10.0. The summed E-state index contributed by atoms with van der Waals surface area (Å²) in [6.07, 6.45) is 3.38. The predicted molar refractivity (Wildman–Crippen MR) is 111 cm³/mol. The number of hydrogen-bond acceptors (Lipinski definition) is 6. The van der Waals surface area contributed by atoms with Gasteiger partial charge in [0.15, 0.2) is 0 Å². The summed E-state index contributed by atoms with van der Waals surface area (Å²) in [4.78, 5) is 25.5. The van der Waals surface area contributed by atoms with E-state index in [4.69, 9.17) is 0 Å². The van der Waals surface area contributed by atoms with Gasteiger partial charge in [-0.15, -0.1) is 0 Å². The minimum atomic E-state index is -3.79. The van der Waals surface area contributed by atoms with Crippen molar-refractivity contribution in [2.24, 2.45) is 5.92 Å². The van der Waals surface area contributed by atoms with Gasteiger partial charge in [-0.25, -0.2) is 18.4 Å². The second kappa shape index (κ2) is 8.87. The Morgan fingerprint density at radius 2 is 1.62 bits per heavy atom. The molecule has 1 aliphatic rings. The van der Waals surface area contributed by atoms with Crippen LogP contribution in [0.4, 0.5) is 5.95 Å². The zero-order valence-electron chi connectivity index (χ0n) is 16.9. The minimum absolute atomic E-state index is 0.160. The quantitative estimate of drug-likeness (QED) is 0.764. The molecule has 8 nitrogen and oxygen atoms in total. The Hall–Kier alpha value is -2.52. The van der Waals surface area contributed by atoms with E-state index in [1.54, 1.807) is 47.6 Å². The van der Waals surface area contributed by atoms with Crippen molar-refractivity contribution in [2.45, 2.75) is 31.7 Å². The zero-order chi connectivity index (χ0) is 21.0. The molecule has 1 aromatic carbocycles. The monoisotopic (exact) mass is 417 g/mol. The maximum atomic E-state index is 13.1. The number of nitrogens with zero attached hydrogens (tertiary/aromatic N) is 4. The highest BCUT2D eigenvalue weighted by atomic mass is 32.2. The van der Waals surface area contributed by atoms with Crippen molar-refractivity contribution in [1.29, 1.82) is 0 Å². The molecule has 1 aromatic heterocycles. The first kappa shape index (κ1) is 21.2. The number of nitrogens with one attached hydrogen (secondary N) is 1. The number of aryl methyl sites for hydroxylation is 1. The highest BCUT2D eigenvalue weighted by Crippen LogP contribution is 2.16. The molecule has 1 atom stereocenters. The molecular formula is C20H27N5O3S. The number of carbonyl (C=O) groups is 1. The van der Waals surface area contributed by atoms with Crippen LogP contribution >= 0.6 is 0 Å². The third-order valence-corrected chi connectivity index (χ3v) is 6.43. The van der Waals surface area contributed by atoms with E-state index in [-0.39, 0.29) is 16.7 Å². The average molecular weight is 418 g/mol. The van der Waals surface area contributed by atoms with E-state index >= 15 is 0 Å². The Morgan fingerprint density at radius 3 is 2.17 bits per heavy atom. The molecule has 9 heteroatoms. The second-order valence-electron chi connectivity index (χ2n) is 7.52. The average Bonchev–Trinajstić information content (AvgIpc) is 2.72. The number of carbonyl (C=O) groups excluding carboxylic acids is 1. The fourth-order valence-electron chi connectivity index (χ4n) is 3.20. The standard InChI is InChI=1S/C20H27N5O3S/c1-15(2)18(23-29(27,28)17-7-5-16(3)6-8-17)19(26)24-11-13-25(14-12-24)20-21-9-4-10-22-20/h4-10,15,18,23H,11-14H2,1-3H3/t18-/m0/s1. The van der Waals surface area contributed by atoms with Gasteiger partial charge >= 0.3 is 0 Å². The topological polar surface area (TPSA) is 95.5 Å². The number of benzene rings is 1. The van der Waals surface area contributed by atoms with Crippen molar-refractivity contribution in [1.82, 2.24) is 19.6 Å². The largest absolute Gasteiger partial charge is 0.338 e. The number of hydrogen-bond donors (Lipinski definition) is 1. The first-order chi connectivity index (χ1) is 13.8. The van der Waals surface area contributed by atoms with Crippen molar-refractivity contribution >= 4 is 21.9 Å². The van der Waals surface area contributed by atoms with Crippen LogP contribution in [0.3, 0.4) is 0 Å². The van der Waals surface area contributed by atoms with Crippen LogP contribution in [0, 0.1) is 12.8 Å². The van der Waals surface area contributed by atoms with Crippen LogP contribution < -0.4 is 9.62 Å². The summed E-state index contributed by atoms with van der Waals surface area (Å²) in [7, 11) is -3.79. The molecule has 3 rings (SSSR count). The second-order valence-corrected chi connectivity index (χ2v) is 9.23. The molecule has 1 amide bonds. The summed E-state index contributed by atoms with van der Waals surface area (Å²) >= 11 is 0. The lowest BCUT2D eigenvalue weighted by molar-refractivity contribution is -0.134. The van der Waals surface area contributed by atoms with Gasteiger partial charge in [-0.2, -0.15) is 4.72 Å². The normalized spacial score (nSPS) is 16.1. The summed E-state index contributed by atoms with van der Waals surface area (Å²) in [5, 5.41) is 0. The van der Waals surface area contributed by atoms with Gasteiger partial charge < -0.3 is 9.80 Å². The van der Waals surface area contributed by atoms with Crippen LogP contribution in [0.5, 0.6) is 0 Å². The van der Waals surface area contributed by atoms with Gasteiger partial charge in [0.2, 0.25) is 21.9 Å². The number of sulfonamides is 1. The highest BCUT2D eigenvalue weighted by molar-refractivity contribution is 7.89. The van der Waals surface area contributed by atoms with Crippen LogP contribution in [0.1, 0.15) is 19.4 Å². The maximum absolute atomic E-state index is 13.1. The molecule has 156 valence electrons. The van der Waals surface area contributed by atoms with Gasteiger partial charge in [-0.1, -0.05) is 31.5 Å². The lowest BCUT2D eigenvalue weighted by Crippen LogP contribution is -2.56. The van der Waals surface area contributed by atoms with Gasteiger partial charge in [0.1, 0.15) is 6.04 Å². The number of amides is 1. The SMILES string of the molecule is Cc1ccc(S(=O)(=O)N[C@H](C(=O)N2CCN(c3ncccn3)CC2)C(C)C)cc1. The first-order valence-electron chi connectivity index (χ1n) is 9.67. The Kier molecular flexibility index (Phi) is 6.49. The maximum Gasteiger partial charge on any atom is 0.241 e. The van der Waals surface area contributed by atoms with Gasteiger partial charge in [0, 0.05) is 38.6 Å². The molecule has 2 heterocycles. The molecule has 1 fully saturated rings. The fourth-order valence-corrected chi connectivity index (χ4v) is 4.54. The summed E-state index contributed by atoms with van der Waals surface area (Å²) in [6, 6.07) is 7.53. The first-order valence-corrected chi connectivity index (χ1v) is 11.2. The van der Waals surface area contributed by atoms with Gasteiger partial charge in [-0.05, 0) is 31.0 Å². The Balaban J connectivity index is 1.68.